The van der Waals surface area contributed by atoms with Crippen molar-refractivity contribution in [2.24, 2.45) is 0 Å². The molecule has 0 heterocycles. The van der Waals surface area contributed by atoms with Gasteiger partial charge in [-0.05, 0) is 0 Å². The Kier molecular flexibility index (Phi) is 4.89. The van der Waals surface area contributed by atoms with E-state index in [0.717, 1.165) is 6.26 Å². The van der Waals surface area contributed by atoms with Crippen molar-refractivity contribution in [2.75, 3.05) is 0 Å². The second-order valence-electron chi connectivity index (χ2n) is 0.602. The van der Waals surface area contributed by atoms with Crippen LogP contribution >= 0.6 is 0 Å². The minimum absolute atomic E-state index is 0. The molecule has 0 aliphatic carbocycles. The van der Waals surface area contributed by atoms with E-state index in [1.807, 2.05) is 0 Å². The van der Waals surface area contributed by atoms with E-state index in [-0.39, 0.29) is 16.8 Å². The van der Waals surface area contributed by atoms with Crippen LogP contribution in [0.5, 0.6) is 0 Å². The zero-order valence-electron chi connectivity index (χ0n) is 3.36. The standard InChI is InChI=1S/CHNO4S.Co/c2-1-6-7(3,4)5;/h(H,3,4,5);. The van der Waals surface area contributed by atoms with Crippen molar-refractivity contribution in [2.45, 2.75) is 0 Å². The number of hydrogen-bond donors (Lipinski definition) is 1. The summed E-state index contributed by atoms with van der Waals surface area (Å²) in [6, 6.07) is 0. The summed E-state index contributed by atoms with van der Waals surface area (Å²) in [5.41, 5.74) is 0. The van der Waals surface area contributed by atoms with Crippen LogP contribution in [0.15, 0.2) is 0 Å². The maximum Gasteiger partial charge on any atom is 0.456 e. The molecule has 0 spiro atoms. The second-order valence-corrected chi connectivity index (χ2v) is 1.62. The Morgan fingerprint density at radius 3 is 2.00 bits per heavy atom. The molecule has 0 aromatic carbocycles. The molecule has 0 fully saturated rings. The first-order valence-electron chi connectivity index (χ1n) is 1.11. The molecule has 0 amide bonds. The minimum atomic E-state index is -4.54. The molecule has 49 valence electrons. The molecule has 0 saturated heterocycles. The van der Waals surface area contributed by atoms with Crippen molar-refractivity contribution in [3.8, 4) is 6.26 Å². The first-order chi connectivity index (χ1) is 3.06. The van der Waals surface area contributed by atoms with Crippen LogP contribution in [0, 0.1) is 11.5 Å². The van der Waals surface area contributed by atoms with E-state index in [1.165, 1.54) is 0 Å². The van der Waals surface area contributed by atoms with E-state index in [1.54, 1.807) is 0 Å². The van der Waals surface area contributed by atoms with Gasteiger partial charge in [-0.25, -0.2) is 0 Å². The molecule has 1 radical (unpaired) electrons. The van der Waals surface area contributed by atoms with E-state index in [0.29, 0.717) is 0 Å². The fraction of sp³-hybridized carbons (Fsp3) is 0. The average Bonchev–Trinajstić information content (AvgIpc) is 1.30. The summed E-state index contributed by atoms with van der Waals surface area (Å²) in [5, 5.41) is 7.39. The van der Waals surface area contributed by atoms with Crippen LogP contribution in [0.3, 0.4) is 0 Å². The monoisotopic (exact) mass is 182 g/mol. The summed E-state index contributed by atoms with van der Waals surface area (Å²) < 4.78 is 29.3. The summed E-state index contributed by atoms with van der Waals surface area (Å²) in [6.07, 6.45) is 0.770. The third-order valence-electron chi connectivity index (χ3n) is 0.143. The molecule has 0 rings (SSSR count). The first-order valence-corrected chi connectivity index (χ1v) is 2.48. The number of nitriles is 1. The van der Waals surface area contributed by atoms with Crippen LogP contribution < -0.4 is 0 Å². The maximum atomic E-state index is 9.34. The zero-order chi connectivity index (χ0) is 5.91. The molecule has 0 aliphatic rings. The first kappa shape index (κ1) is 10.6. The Bertz CT molecular complexity index is 177. The average molecular weight is 182 g/mol. The molecule has 0 aromatic heterocycles. The van der Waals surface area contributed by atoms with Gasteiger partial charge in [0.25, 0.3) is 0 Å². The zero-order valence-corrected chi connectivity index (χ0v) is 5.22. The van der Waals surface area contributed by atoms with Crippen LogP contribution in [-0.2, 0) is 31.4 Å². The molecular weight excluding hydrogens is 181 g/mol. The Morgan fingerprint density at radius 2 is 2.00 bits per heavy atom. The normalized spacial score (nSPS) is 8.50. The number of rotatable bonds is 1. The summed E-state index contributed by atoms with van der Waals surface area (Å²) in [6.45, 7) is 0. The Balaban J connectivity index is 0. The van der Waals surface area contributed by atoms with E-state index in [2.05, 4.69) is 4.18 Å². The predicted molar refractivity (Wildman–Crippen MR) is 18.2 cm³/mol. The minimum Gasteiger partial charge on any atom is -0.281 e. The van der Waals surface area contributed by atoms with Crippen molar-refractivity contribution in [3.05, 3.63) is 0 Å². The molecule has 7 heteroatoms. The number of nitrogens with zero attached hydrogens (tertiary/aromatic N) is 1. The fourth-order valence-electron chi connectivity index (χ4n) is 0.0471. The van der Waals surface area contributed by atoms with E-state index in [9.17, 15) is 8.42 Å². The fourth-order valence-corrected chi connectivity index (χ4v) is 0.141. The van der Waals surface area contributed by atoms with Gasteiger partial charge in [-0.1, -0.05) is 0 Å². The van der Waals surface area contributed by atoms with Gasteiger partial charge in [0.1, 0.15) is 0 Å². The van der Waals surface area contributed by atoms with Crippen LogP contribution in [-0.4, -0.2) is 13.0 Å². The summed E-state index contributed by atoms with van der Waals surface area (Å²) >= 11 is 0. The smallest absolute Gasteiger partial charge is 0.281 e. The van der Waals surface area contributed by atoms with Gasteiger partial charge < -0.3 is 0 Å². The van der Waals surface area contributed by atoms with Gasteiger partial charge >= 0.3 is 16.7 Å². The van der Waals surface area contributed by atoms with Gasteiger partial charge in [0, 0.05) is 16.8 Å². The summed E-state index contributed by atoms with van der Waals surface area (Å²) in [7, 11) is -4.54. The van der Waals surface area contributed by atoms with Crippen molar-refractivity contribution in [1.82, 2.24) is 0 Å². The molecule has 0 saturated carbocycles. The third-order valence-corrected chi connectivity index (χ3v) is 0.428. The third kappa shape index (κ3) is 9.20. The van der Waals surface area contributed by atoms with Crippen LogP contribution in [0.1, 0.15) is 0 Å². The molecular formula is CHCoNO4S. The molecule has 5 nitrogen and oxygen atoms in total. The van der Waals surface area contributed by atoms with Crippen LogP contribution in [0.25, 0.3) is 0 Å². The van der Waals surface area contributed by atoms with Crippen LogP contribution in [0.4, 0.5) is 0 Å². The topological polar surface area (TPSA) is 87.4 Å². The van der Waals surface area contributed by atoms with Crippen molar-refractivity contribution >= 4 is 10.4 Å². The molecule has 0 bridgehead atoms. The van der Waals surface area contributed by atoms with E-state index >= 15 is 0 Å². The molecule has 0 aliphatic heterocycles. The maximum absolute atomic E-state index is 9.34. The van der Waals surface area contributed by atoms with Gasteiger partial charge in [0.05, 0.1) is 0 Å². The second kappa shape index (κ2) is 3.68. The van der Waals surface area contributed by atoms with Gasteiger partial charge in [-0.2, -0.15) is 8.42 Å². The molecule has 1 N–H and O–H groups in total. The van der Waals surface area contributed by atoms with Crippen LogP contribution in [0.2, 0.25) is 0 Å². The molecule has 0 atom stereocenters. The van der Waals surface area contributed by atoms with E-state index < -0.39 is 10.4 Å². The van der Waals surface area contributed by atoms with Gasteiger partial charge in [0.15, 0.2) is 0 Å². The molecule has 0 aromatic rings. The SMILES string of the molecule is N#COS(=O)(=O)O.[Co]. The predicted octanol–water partition coefficient (Wildman–Crippen LogP) is -0.716. The summed E-state index contributed by atoms with van der Waals surface area (Å²) in [5.74, 6) is 0. The van der Waals surface area contributed by atoms with Crippen molar-refractivity contribution in [3.63, 3.8) is 0 Å². The largest absolute Gasteiger partial charge is 0.456 e. The molecule has 8 heavy (non-hydrogen) atoms. The van der Waals surface area contributed by atoms with Gasteiger partial charge in [0.2, 0.25) is 0 Å². The molecule has 0 unspecified atom stereocenters. The summed E-state index contributed by atoms with van der Waals surface area (Å²) in [4.78, 5) is 0. The Labute approximate surface area is 56.4 Å². The number of hydrogen-bond acceptors (Lipinski definition) is 4. The Hall–Kier alpha value is -0.294. The Morgan fingerprint density at radius 1 is 1.62 bits per heavy atom. The van der Waals surface area contributed by atoms with E-state index in [4.69, 9.17) is 9.81 Å². The van der Waals surface area contributed by atoms with Gasteiger partial charge in [-0.15, -0.1) is 5.26 Å². The van der Waals surface area contributed by atoms with Crippen molar-refractivity contribution in [1.29, 1.82) is 5.26 Å². The van der Waals surface area contributed by atoms with Crippen molar-refractivity contribution < 1.29 is 33.9 Å². The van der Waals surface area contributed by atoms with Gasteiger partial charge in [-0.3, -0.25) is 8.74 Å². The quantitative estimate of drug-likeness (QED) is 0.427.